The summed E-state index contributed by atoms with van der Waals surface area (Å²) in [5.74, 6) is 0. The van der Waals surface area contributed by atoms with Crippen LogP contribution >= 0.6 is 11.3 Å². The molecule has 0 unspecified atom stereocenters. The van der Waals surface area contributed by atoms with Crippen LogP contribution in [0.4, 0.5) is 0 Å². The SMILES string of the molecule is O=CCNCc1cccs1. The van der Waals surface area contributed by atoms with Gasteiger partial charge in [0.25, 0.3) is 0 Å². The van der Waals surface area contributed by atoms with Gasteiger partial charge in [-0.1, -0.05) is 6.07 Å². The molecule has 1 heterocycles. The highest BCUT2D eigenvalue weighted by Crippen LogP contribution is 2.06. The molecule has 0 aliphatic rings. The topological polar surface area (TPSA) is 29.1 Å². The van der Waals surface area contributed by atoms with Crippen LogP contribution in [0, 0.1) is 0 Å². The van der Waals surface area contributed by atoms with E-state index in [9.17, 15) is 4.79 Å². The van der Waals surface area contributed by atoms with E-state index in [2.05, 4.69) is 5.32 Å². The third-order valence-corrected chi connectivity index (χ3v) is 1.98. The van der Waals surface area contributed by atoms with Gasteiger partial charge in [0.15, 0.2) is 0 Å². The number of hydrogen-bond acceptors (Lipinski definition) is 3. The average molecular weight is 155 g/mol. The van der Waals surface area contributed by atoms with Crippen molar-refractivity contribution < 1.29 is 4.79 Å². The summed E-state index contributed by atoms with van der Waals surface area (Å²) in [5.41, 5.74) is 0. The van der Waals surface area contributed by atoms with E-state index >= 15 is 0 Å². The van der Waals surface area contributed by atoms with Crippen molar-refractivity contribution in [3.8, 4) is 0 Å². The molecule has 0 saturated heterocycles. The normalized spacial score (nSPS) is 9.60. The number of carbonyl (C=O) groups is 1. The maximum atomic E-state index is 9.87. The summed E-state index contributed by atoms with van der Waals surface area (Å²) in [6, 6.07) is 4.05. The molecule has 0 bridgehead atoms. The van der Waals surface area contributed by atoms with Crippen LogP contribution in [-0.2, 0) is 11.3 Å². The van der Waals surface area contributed by atoms with Gasteiger partial charge < -0.3 is 10.1 Å². The molecule has 1 aromatic heterocycles. The third kappa shape index (κ3) is 2.29. The van der Waals surface area contributed by atoms with Crippen molar-refractivity contribution in [3.05, 3.63) is 22.4 Å². The van der Waals surface area contributed by atoms with Gasteiger partial charge in [-0.05, 0) is 11.4 Å². The number of thiophene rings is 1. The molecule has 0 saturated carbocycles. The van der Waals surface area contributed by atoms with Gasteiger partial charge in [0.05, 0.1) is 6.54 Å². The van der Waals surface area contributed by atoms with Crippen molar-refractivity contribution in [1.82, 2.24) is 5.32 Å². The number of carbonyl (C=O) groups excluding carboxylic acids is 1. The van der Waals surface area contributed by atoms with Crippen LogP contribution < -0.4 is 5.32 Å². The minimum Gasteiger partial charge on any atom is -0.305 e. The van der Waals surface area contributed by atoms with Crippen LogP contribution in [0.2, 0.25) is 0 Å². The second-order valence-corrected chi connectivity index (χ2v) is 2.91. The van der Waals surface area contributed by atoms with Gasteiger partial charge >= 0.3 is 0 Å². The van der Waals surface area contributed by atoms with E-state index in [1.54, 1.807) is 11.3 Å². The van der Waals surface area contributed by atoms with Gasteiger partial charge in [0.2, 0.25) is 0 Å². The van der Waals surface area contributed by atoms with E-state index in [-0.39, 0.29) is 0 Å². The lowest BCUT2D eigenvalue weighted by Crippen LogP contribution is -2.14. The molecular formula is C7H9NOS. The molecule has 54 valence electrons. The zero-order valence-electron chi connectivity index (χ0n) is 5.54. The third-order valence-electron chi connectivity index (χ3n) is 1.11. The summed E-state index contributed by atoms with van der Waals surface area (Å²) < 4.78 is 0. The molecule has 2 nitrogen and oxygen atoms in total. The molecule has 0 aliphatic heterocycles. The lowest BCUT2D eigenvalue weighted by Gasteiger charge is -1.94. The van der Waals surface area contributed by atoms with Gasteiger partial charge in [-0.15, -0.1) is 11.3 Å². The first-order valence-electron chi connectivity index (χ1n) is 3.10. The molecule has 0 amide bonds. The van der Waals surface area contributed by atoms with E-state index in [0.29, 0.717) is 6.54 Å². The largest absolute Gasteiger partial charge is 0.305 e. The van der Waals surface area contributed by atoms with Crippen molar-refractivity contribution in [3.63, 3.8) is 0 Å². The van der Waals surface area contributed by atoms with E-state index in [1.807, 2.05) is 17.5 Å². The highest BCUT2D eigenvalue weighted by atomic mass is 32.1. The Morgan fingerprint density at radius 3 is 3.20 bits per heavy atom. The molecule has 0 radical (unpaired) electrons. The zero-order valence-corrected chi connectivity index (χ0v) is 6.36. The van der Waals surface area contributed by atoms with Crippen LogP contribution in [0.3, 0.4) is 0 Å². The summed E-state index contributed by atoms with van der Waals surface area (Å²) in [5, 5.41) is 5.01. The van der Waals surface area contributed by atoms with Crippen molar-refractivity contribution >= 4 is 17.6 Å². The molecule has 3 heteroatoms. The first kappa shape index (κ1) is 7.44. The predicted octanol–water partition coefficient (Wildman–Crippen LogP) is 1.04. The summed E-state index contributed by atoms with van der Waals surface area (Å²) >= 11 is 1.69. The van der Waals surface area contributed by atoms with Gasteiger partial charge in [0.1, 0.15) is 6.29 Å². The number of rotatable bonds is 4. The standard InChI is InChI=1S/C7H9NOS/c9-4-3-8-6-7-2-1-5-10-7/h1-2,4-5,8H,3,6H2. The quantitative estimate of drug-likeness (QED) is 0.520. The summed E-state index contributed by atoms with van der Waals surface area (Å²) in [7, 11) is 0. The molecule has 1 rings (SSSR count). The molecule has 0 aliphatic carbocycles. The van der Waals surface area contributed by atoms with Gasteiger partial charge in [0, 0.05) is 11.4 Å². The van der Waals surface area contributed by atoms with Crippen molar-refractivity contribution in [2.75, 3.05) is 6.54 Å². The van der Waals surface area contributed by atoms with Crippen molar-refractivity contribution in [2.24, 2.45) is 0 Å². The van der Waals surface area contributed by atoms with Crippen molar-refractivity contribution in [2.45, 2.75) is 6.54 Å². The molecular weight excluding hydrogens is 146 g/mol. The fraction of sp³-hybridized carbons (Fsp3) is 0.286. The minimum atomic E-state index is 0.442. The maximum Gasteiger partial charge on any atom is 0.133 e. The first-order valence-corrected chi connectivity index (χ1v) is 3.98. The Labute approximate surface area is 63.9 Å². The predicted molar refractivity (Wildman–Crippen MR) is 42.1 cm³/mol. The van der Waals surface area contributed by atoms with Crippen molar-refractivity contribution in [1.29, 1.82) is 0 Å². The average Bonchev–Trinajstić information content (AvgIpc) is 2.41. The molecule has 0 fully saturated rings. The second kappa shape index (κ2) is 4.19. The Balaban J connectivity index is 2.21. The van der Waals surface area contributed by atoms with Gasteiger partial charge in [-0.2, -0.15) is 0 Å². The lowest BCUT2D eigenvalue weighted by molar-refractivity contribution is -0.107. The van der Waals surface area contributed by atoms with Crippen LogP contribution in [0.5, 0.6) is 0 Å². The lowest BCUT2D eigenvalue weighted by atomic mass is 10.4. The fourth-order valence-electron chi connectivity index (χ4n) is 0.667. The summed E-state index contributed by atoms with van der Waals surface area (Å²) in [6.07, 6.45) is 0.869. The van der Waals surface area contributed by atoms with Gasteiger partial charge in [-0.25, -0.2) is 0 Å². The van der Waals surface area contributed by atoms with E-state index < -0.39 is 0 Å². The van der Waals surface area contributed by atoms with E-state index in [0.717, 1.165) is 12.8 Å². The Bertz CT molecular complexity index is 183. The fourth-order valence-corrected chi connectivity index (χ4v) is 1.34. The Kier molecular flexibility index (Phi) is 3.12. The van der Waals surface area contributed by atoms with Crippen LogP contribution in [0.15, 0.2) is 17.5 Å². The molecule has 1 aromatic rings. The van der Waals surface area contributed by atoms with E-state index in [4.69, 9.17) is 0 Å². The Hall–Kier alpha value is -0.670. The molecule has 0 spiro atoms. The highest BCUT2D eigenvalue weighted by molar-refractivity contribution is 7.09. The molecule has 0 aromatic carbocycles. The molecule has 1 N–H and O–H groups in total. The monoisotopic (exact) mass is 155 g/mol. The number of aldehydes is 1. The second-order valence-electron chi connectivity index (χ2n) is 1.88. The Morgan fingerprint density at radius 1 is 1.70 bits per heavy atom. The summed E-state index contributed by atoms with van der Waals surface area (Å²) in [4.78, 5) is 11.1. The zero-order chi connectivity index (χ0) is 7.23. The highest BCUT2D eigenvalue weighted by Gasteiger charge is 1.89. The van der Waals surface area contributed by atoms with E-state index in [1.165, 1.54) is 4.88 Å². The first-order chi connectivity index (χ1) is 4.93. The minimum absolute atomic E-state index is 0.442. The maximum absolute atomic E-state index is 9.87. The summed E-state index contributed by atoms with van der Waals surface area (Å²) in [6.45, 7) is 1.24. The number of nitrogens with one attached hydrogen (secondary N) is 1. The van der Waals surface area contributed by atoms with Crippen LogP contribution in [-0.4, -0.2) is 12.8 Å². The Morgan fingerprint density at radius 2 is 2.60 bits per heavy atom. The van der Waals surface area contributed by atoms with Gasteiger partial charge in [-0.3, -0.25) is 0 Å². The number of hydrogen-bond donors (Lipinski definition) is 1. The smallest absolute Gasteiger partial charge is 0.133 e. The van der Waals surface area contributed by atoms with Crippen LogP contribution in [0.25, 0.3) is 0 Å². The van der Waals surface area contributed by atoms with Crippen LogP contribution in [0.1, 0.15) is 4.88 Å². The molecule has 10 heavy (non-hydrogen) atoms. The molecule has 0 atom stereocenters.